The summed E-state index contributed by atoms with van der Waals surface area (Å²) in [4.78, 5) is 9.02. The second-order valence-electron chi connectivity index (χ2n) is 5.51. The highest BCUT2D eigenvalue weighted by Gasteiger charge is 2.31. The van der Waals surface area contributed by atoms with Crippen molar-refractivity contribution in [2.45, 2.75) is 52.5 Å². The van der Waals surface area contributed by atoms with Gasteiger partial charge in [-0.05, 0) is 24.7 Å². The highest BCUT2D eigenvalue weighted by atomic mass is 15.1. The first-order chi connectivity index (χ1) is 9.17. The Bertz CT molecular complexity index is 396. The minimum atomic E-state index is 0.550. The third-order valence-electron chi connectivity index (χ3n) is 4.43. The maximum absolute atomic E-state index is 4.59. The van der Waals surface area contributed by atoms with Crippen molar-refractivity contribution in [1.82, 2.24) is 9.97 Å². The molecule has 1 fully saturated rings. The lowest BCUT2D eigenvalue weighted by atomic mass is 9.93. The van der Waals surface area contributed by atoms with Crippen molar-refractivity contribution in [3.05, 3.63) is 11.9 Å². The van der Waals surface area contributed by atoms with Gasteiger partial charge in [-0.1, -0.05) is 27.2 Å². The molecule has 4 nitrogen and oxygen atoms in total. The van der Waals surface area contributed by atoms with E-state index in [0.717, 1.165) is 35.7 Å². The molecule has 106 valence electrons. The van der Waals surface area contributed by atoms with Crippen molar-refractivity contribution in [2.24, 2.45) is 11.8 Å². The maximum atomic E-state index is 4.59. The van der Waals surface area contributed by atoms with Crippen LogP contribution < -0.4 is 10.6 Å². The molecule has 2 N–H and O–H groups in total. The van der Waals surface area contributed by atoms with Crippen molar-refractivity contribution in [3.63, 3.8) is 0 Å². The molecule has 0 aromatic carbocycles. The first-order valence-corrected chi connectivity index (χ1v) is 7.50. The molecular formula is C15H26N4. The van der Waals surface area contributed by atoms with Crippen LogP contribution >= 0.6 is 0 Å². The summed E-state index contributed by atoms with van der Waals surface area (Å²) in [6.07, 6.45) is 4.73. The Hall–Kier alpha value is -1.32. The molecular weight excluding hydrogens is 236 g/mol. The molecule has 19 heavy (non-hydrogen) atoms. The molecule has 4 heteroatoms. The fraction of sp³-hybridized carbons (Fsp3) is 0.733. The van der Waals surface area contributed by atoms with Crippen molar-refractivity contribution in [1.29, 1.82) is 0 Å². The summed E-state index contributed by atoms with van der Waals surface area (Å²) in [5.41, 5.74) is 0. The maximum Gasteiger partial charge on any atom is 0.132 e. The molecule has 0 aliphatic heterocycles. The van der Waals surface area contributed by atoms with Crippen molar-refractivity contribution < 1.29 is 0 Å². The van der Waals surface area contributed by atoms with E-state index in [9.17, 15) is 0 Å². The van der Waals surface area contributed by atoms with Crippen LogP contribution in [-0.2, 0) is 6.42 Å². The fourth-order valence-electron chi connectivity index (χ4n) is 3.07. The predicted octanol–water partition coefficient (Wildman–Crippen LogP) is 3.32. The quantitative estimate of drug-likeness (QED) is 0.854. The van der Waals surface area contributed by atoms with Gasteiger partial charge in [0.2, 0.25) is 0 Å². The summed E-state index contributed by atoms with van der Waals surface area (Å²) in [5, 5.41) is 6.72. The third kappa shape index (κ3) is 3.17. The molecule has 1 aromatic heterocycles. The van der Waals surface area contributed by atoms with E-state index in [0.29, 0.717) is 6.04 Å². The van der Waals surface area contributed by atoms with Crippen LogP contribution in [0.3, 0.4) is 0 Å². The van der Waals surface area contributed by atoms with Crippen LogP contribution in [0, 0.1) is 11.8 Å². The van der Waals surface area contributed by atoms with E-state index in [1.807, 2.05) is 13.1 Å². The standard InChI is InChI=1S/C15H26N4/c1-5-11-7-8-12(10(11)3)17-15-9-14(16-4)18-13(6-2)19-15/h9-12H,5-8H2,1-4H3,(H2,16,17,18,19). The smallest absolute Gasteiger partial charge is 0.132 e. The average molecular weight is 262 g/mol. The van der Waals surface area contributed by atoms with Gasteiger partial charge in [-0.25, -0.2) is 9.97 Å². The normalized spacial score (nSPS) is 26.4. The zero-order chi connectivity index (χ0) is 13.8. The number of hydrogen-bond donors (Lipinski definition) is 2. The fourth-order valence-corrected chi connectivity index (χ4v) is 3.07. The molecule has 1 saturated carbocycles. The number of nitrogens with zero attached hydrogens (tertiary/aromatic N) is 2. The highest BCUT2D eigenvalue weighted by Crippen LogP contribution is 2.35. The monoisotopic (exact) mass is 262 g/mol. The van der Waals surface area contributed by atoms with E-state index in [1.54, 1.807) is 0 Å². The number of anilines is 2. The van der Waals surface area contributed by atoms with Gasteiger partial charge in [-0.3, -0.25) is 0 Å². The van der Waals surface area contributed by atoms with Gasteiger partial charge in [0.25, 0.3) is 0 Å². The highest BCUT2D eigenvalue weighted by molar-refractivity contribution is 5.48. The van der Waals surface area contributed by atoms with Crippen molar-refractivity contribution in [3.8, 4) is 0 Å². The first kappa shape index (κ1) is 14.1. The van der Waals surface area contributed by atoms with Crippen molar-refractivity contribution >= 4 is 11.6 Å². The summed E-state index contributed by atoms with van der Waals surface area (Å²) in [5.74, 6) is 4.33. The predicted molar refractivity (Wildman–Crippen MR) is 80.5 cm³/mol. The second kappa shape index (κ2) is 6.22. The Balaban J connectivity index is 2.10. The molecule has 3 unspecified atom stereocenters. The molecule has 0 amide bonds. The van der Waals surface area contributed by atoms with Gasteiger partial charge in [0, 0.05) is 25.6 Å². The van der Waals surface area contributed by atoms with Crippen LogP contribution in [0.5, 0.6) is 0 Å². The van der Waals surface area contributed by atoms with E-state index in [-0.39, 0.29) is 0 Å². The Morgan fingerprint density at radius 3 is 2.53 bits per heavy atom. The van der Waals surface area contributed by atoms with Gasteiger partial charge in [0.1, 0.15) is 17.5 Å². The Labute approximate surface area is 116 Å². The summed E-state index contributed by atoms with van der Waals surface area (Å²) in [7, 11) is 1.90. The van der Waals surface area contributed by atoms with Crippen LogP contribution in [0.25, 0.3) is 0 Å². The molecule has 1 aliphatic rings. The molecule has 0 radical (unpaired) electrons. The molecule has 1 aromatic rings. The largest absolute Gasteiger partial charge is 0.373 e. The lowest BCUT2D eigenvalue weighted by molar-refractivity contribution is 0.391. The number of hydrogen-bond acceptors (Lipinski definition) is 4. The average Bonchev–Trinajstić information content (AvgIpc) is 2.79. The molecule has 2 rings (SSSR count). The van der Waals surface area contributed by atoms with E-state index in [1.165, 1.54) is 19.3 Å². The number of rotatable bonds is 5. The number of nitrogens with one attached hydrogen (secondary N) is 2. The first-order valence-electron chi connectivity index (χ1n) is 7.50. The molecule has 0 bridgehead atoms. The van der Waals surface area contributed by atoms with Gasteiger partial charge in [0.15, 0.2) is 0 Å². The van der Waals surface area contributed by atoms with Gasteiger partial charge >= 0.3 is 0 Å². The van der Waals surface area contributed by atoms with Crippen LogP contribution in [0.15, 0.2) is 6.07 Å². The topological polar surface area (TPSA) is 49.8 Å². The second-order valence-corrected chi connectivity index (χ2v) is 5.51. The van der Waals surface area contributed by atoms with Crippen molar-refractivity contribution in [2.75, 3.05) is 17.7 Å². The lowest BCUT2D eigenvalue weighted by Crippen LogP contribution is -2.25. The van der Waals surface area contributed by atoms with Crippen LogP contribution in [0.1, 0.15) is 45.9 Å². The minimum Gasteiger partial charge on any atom is -0.373 e. The minimum absolute atomic E-state index is 0.550. The van der Waals surface area contributed by atoms with E-state index >= 15 is 0 Å². The van der Waals surface area contributed by atoms with E-state index in [2.05, 4.69) is 41.4 Å². The zero-order valence-electron chi connectivity index (χ0n) is 12.5. The van der Waals surface area contributed by atoms with E-state index in [4.69, 9.17) is 0 Å². The number of aromatic nitrogens is 2. The van der Waals surface area contributed by atoms with E-state index < -0.39 is 0 Å². The van der Waals surface area contributed by atoms with Gasteiger partial charge in [0.05, 0.1) is 0 Å². The van der Waals surface area contributed by atoms with Crippen LogP contribution in [0.4, 0.5) is 11.6 Å². The number of aryl methyl sites for hydroxylation is 1. The molecule has 3 atom stereocenters. The third-order valence-corrected chi connectivity index (χ3v) is 4.43. The lowest BCUT2D eigenvalue weighted by Gasteiger charge is -2.22. The summed E-state index contributed by atoms with van der Waals surface area (Å²) in [6, 6.07) is 2.56. The zero-order valence-corrected chi connectivity index (χ0v) is 12.5. The van der Waals surface area contributed by atoms with Gasteiger partial charge in [-0.15, -0.1) is 0 Å². The summed E-state index contributed by atoms with van der Waals surface area (Å²) in [6.45, 7) is 6.74. The summed E-state index contributed by atoms with van der Waals surface area (Å²) >= 11 is 0. The Kier molecular flexibility index (Phi) is 4.61. The Morgan fingerprint density at radius 1 is 1.21 bits per heavy atom. The van der Waals surface area contributed by atoms with Gasteiger partial charge in [-0.2, -0.15) is 0 Å². The van der Waals surface area contributed by atoms with Gasteiger partial charge < -0.3 is 10.6 Å². The molecule has 0 saturated heterocycles. The Morgan fingerprint density at radius 2 is 1.95 bits per heavy atom. The summed E-state index contributed by atoms with van der Waals surface area (Å²) < 4.78 is 0. The molecule has 0 spiro atoms. The molecule has 1 aliphatic carbocycles. The van der Waals surface area contributed by atoms with Crippen LogP contribution in [-0.4, -0.2) is 23.1 Å². The van der Waals surface area contributed by atoms with Crippen LogP contribution in [0.2, 0.25) is 0 Å². The molecule has 1 heterocycles. The SMILES string of the molecule is CCc1nc(NC)cc(NC2CCC(CC)C2C)n1.